The van der Waals surface area contributed by atoms with Crippen LogP contribution in [0.1, 0.15) is 56.5 Å². The number of anilines is 2. The fraction of sp³-hybridized carbons (Fsp3) is 0.345. The van der Waals surface area contributed by atoms with Gasteiger partial charge in [-0.25, -0.2) is 14.1 Å². The largest absolute Gasteiger partial charge is 0.413 e. The van der Waals surface area contributed by atoms with Gasteiger partial charge in [-0.15, -0.1) is 16.4 Å². The molecular formula is C29H26F4N8S. The van der Waals surface area contributed by atoms with E-state index < -0.39 is 23.6 Å². The minimum atomic E-state index is -4.47. The van der Waals surface area contributed by atoms with Gasteiger partial charge in [0, 0.05) is 23.8 Å². The number of rotatable bonds is 7. The quantitative estimate of drug-likeness (QED) is 0.193. The smallest absolute Gasteiger partial charge is 0.383 e. The summed E-state index contributed by atoms with van der Waals surface area (Å²) in [6.07, 6.45) is -1.97. The van der Waals surface area contributed by atoms with Crippen LogP contribution in [0, 0.1) is 22.6 Å². The Morgan fingerprint density at radius 1 is 1.17 bits per heavy atom. The van der Waals surface area contributed by atoms with Crippen LogP contribution in [0.4, 0.5) is 28.9 Å². The Kier molecular flexibility index (Phi) is 6.57. The highest BCUT2D eigenvalue weighted by molar-refractivity contribution is 7.17. The van der Waals surface area contributed by atoms with Gasteiger partial charge < -0.3 is 10.6 Å². The summed E-state index contributed by atoms with van der Waals surface area (Å²) < 4.78 is 58.8. The summed E-state index contributed by atoms with van der Waals surface area (Å²) in [6, 6.07) is 9.75. The Bertz CT molecular complexity index is 1840. The third-order valence-electron chi connectivity index (χ3n) is 7.35. The minimum Gasteiger partial charge on any atom is -0.383 e. The van der Waals surface area contributed by atoms with Crippen molar-refractivity contribution in [3.05, 3.63) is 70.9 Å². The molecule has 1 aliphatic carbocycles. The molecule has 6 rings (SSSR count). The maximum atomic E-state index is 15.5. The second kappa shape index (κ2) is 9.90. The van der Waals surface area contributed by atoms with Crippen molar-refractivity contribution in [3.63, 3.8) is 0 Å². The maximum Gasteiger partial charge on any atom is 0.413 e. The molecule has 0 aliphatic heterocycles. The third kappa shape index (κ3) is 4.89. The average molecular weight is 595 g/mol. The van der Waals surface area contributed by atoms with Crippen molar-refractivity contribution in [1.82, 2.24) is 25.0 Å². The standard InChI is InChI=1S/C29H26F4N8S/c1-27(2,3)14-36-23-16(11-34)12-35-24-19(23)9-17(10-20(24)30)38-25(18-5-4-6-21-26(18)42-15-37-21)22-13-41(40-39-22)28(7-8-28)29(31,32)33/h4-6,9-10,12-13,15,25,38H,7-8,14H2,1-3H3,(H,35,36)/t25-/m0/s1. The number of benzene rings is 2. The van der Waals surface area contributed by atoms with Crippen molar-refractivity contribution in [2.24, 2.45) is 5.41 Å². The zero-order valence-corrected chi connectivity index (χ0v) is 23.7. The second-order valence-electron chi connectivity index (χ2n) is 11.7. The monoisotopic (exact) mass is 594 g/mol. The number of hydrogen-bond acceptors (Lipinski definition) is 8. The molecular weight excluding hydrogens is 568 g/mol. The van der Waals surface area contributed by atoms with Gasteiger partial charge in [-0.2, -0.15) is 18.4 Å². The fourth-order valence-corrected chi connectivity index (χ4v) is 5.80. The highest BCUT2D eigenvalue weighted by Crippen LogP contribution is 2.55. The molecule has 0 unspecified atom stereocenters. The van der Waals surface area contributed by atoms with Gasteiger partial charge in [-0.05, 0) is 42.0 Å². The third-order valence-corrected chi connectivity index (χ3v) is 8.24. The van der Waals surface area contributed by atoms with E-state index in [1.165, 1.54) is 29.8 Å². The van der Waals surface area contributed by atoms with Crippen LogP contribution in [0.2, 0.25) is 0 Å². The first-order valence-corrected chi connectivity index (χ1v) is 14.1. The zero-order chi connectivity index (χ0) is 29.9. The Hall–Kier alpha value is -4.31. The summed E-state index contributed by atoms with van der Waals surface area (Å²) in [7, 11) is 0. The SMILES string of the molecule is CC(C)(C)CNc1c(C#N)cnc2c(F)cc(N[C@H](c3cn(C4(C(F)(F)F)CC4)nn3)c3cccc4ncsc34)cc12. The van der Waals surface area contributed by atoms with Crippen LogP contribution >= 0.6 is 11.3 Å². The number of thiazole rings is 1. The fourth-order valence-electron chi connectivity index (χ4n) is 4.96. The van der Waals surface area contributed by atoms with Crippen LogP contribution in [-0.2, 0) is 5.54 Å². The molecule has 42 heavy (non-hydrogen) atoms. The Labute approximate surface area is 242 Å². The number of halogens is 4. The normalized spacial score (nSPS) is 15.5. The zero-order valence-electron chi connectivity index (χ0n) is 22.9. The molecule has 0 spiro atoms. The first kappa shape index (κ1) is 27.8. The predicted octanol–water partition coefficient (Wildman–Crippen LogP) is 7.16. The molecule has 3 aromatic heterocycles. The molecule has 3 heterocycles. The molecule has 0 saturated heterocycles. The number of nitrogens with zero attached hydrogens (tertiary/aromatic N) is 6. The predicted molar refractivity (Wildman–Crippen MR) is 153 cm³/mol. The van der Waals surface area contributed by atoms with Gasteiger partial charge in [-0.3, -0.25) is 4.98 Å². The number of hydrogen-bond donors (Lipinski definition) is 2. The number of fused-ring (bicyclic) bond motifs is 2. The van der Waals surface area contributed by atoms with Crippen LogP contribution in [0.5, 0.6) is 0 Å². The number of nitriles is 1. The van der Waals surface area contributed by atoms with Crippen LogP contribution in [-0.4, -0.2) is 37.7 Å². The molecule has 13 heteroatoms. The molecule has 0 bridgehead atoms. The molecule has 5 aromatic rings. The molecule has 1 saturated carbocycles. The van der Waals surface area contributed by atoms with E-state index >= 15 is 4.39 Å². The Morgan fingerprint density at radius 3 is 2.64 bits per heavy atom. The molecule has 8 nitrogen and oxygen atoms in total. The summed E-state index contributed by atoms with van der Waals surface area (Å²) >= 11 is 1.38. The number of alkyl halides is 3. The average Bonchev–Trinajstić information content (AvgIpc) is 3.37. The summed E-state index contributed by atoms with van der Waals surface area (Å²) in [5, 5.41) is 24.8. The lowest BCUT2D eigenvalue weighted by Gasteiger charge is -2.22. The first-order valence-electron chi connectivity index (χ1n) is 13.2. The Balaban J connectivity index is 1.47. The van der Waals surface area contributed by atoms with Gasteiger partial charge in [0.05, 0.1) is 39.2 Å². The minimum absolute atomic E-state index is 0.0731. The lowest BCUT2D eigenvalue weighted by molar-refractivity contribution is -0.182. The van der Waals surface area contributed by atoms with Gasteiger partial charge in [-0.1, -0.05) is 38.1 Å². The summed E-state index contributed by atoms with van der Waals surface area (Å²) in [5.41, 5.74) is 2.27. The highest BCUT2D eigenvalue weighted by Gasteiger charge is 2.66. The number of pyridine rings is 1. The van der Waals surface area contributed by atoms with Gasteiger partial charge >= 0.3 is 6.18 Å². The van der Waals surface area contributed by atoms with E-state index in [4.69, 9.17) is 0 Å². The molecule has 1 aliphatic rings. The van der Waals surface area contributed by atoms with E-state index in [0.29, 0.717) is 34.4 Å². The number of aromatic nitrogens is 5. The lowest BCUT2D eigenvalue weighted by atomic mass is 9.96. The summed E-state index contributed by atoms with van der Waals surface area (Å²) in [4.78, 5) is 8.55. The van der Waals surface area contributed by atoms with E-state index in [1.807, 2.05) is 32.9 Å². The van der Waals surface area contributed by atoms with Crippen LogP contribution in [0.15, 0.2) is 48.2 Å². The van der Waals surface area contributed by atoms with Crippen molar-refractivity contribution >= 4 is 43.8 Å². The van der Waals surface area contributed by atoms with Crippen LogP contribution in [0.25, 0.3) is 21.1 Å². The second-order valence-corrected chi connectivity index (χ2v) is 12.5. The lowest BCUT2D eigenvalue weighted by Crippen LogP contribution is -2.35. The van der Waals surface area contributed by atoms with E-state index in [-0.39, 0.29) is 35.0 Å². The van der Waals surface area contributed by atoms with Gasteiger partial charge in [0.25, 0.3) is 0 Å². The molecule has 216 valence electrons. The highest BCUT2D eigenvalue weighted by atomic mass is 32.1. The van der Waals surface area contributed by atoms with E-state index in [9.17, 15) is 18.4 Å². The van der Waals surface area contributed by atoms with Crippen LogP contribution in [0.3, 0.4) is 0 Å². The van der Waals surface area contributed by atoms with Gasteiger partial charge in [0.2, 0.25) is 0 Å². The van der Waals surface area contributed by atoms with Crippen molar-refractivity contribution in [2.75, 3.05) is 17.2 Å². The molecule has 1 atom stereocenters. The van der Waals surface area contributed by atoms with Crippen molar-refractivity contribution < 1.29 is 17.6 Å². The van der Waals surface area contributed by atoms with E-state index in [2.05, 4.69) is 37.0 Å². The van der Waals surface area contributed by atoms with Gasteiger partial charge in [0.15, 0.2) is 11.4 Å². The van der Waals surface area contributed by atoms with Crippen molar-refractivity contribution in [1.29, 1.82) is 5.26 Å². The molecule has 0 radical (unpaired) electrons. The first-order chi connectivity index (χ1) is 19.9. The molecule has 2 N–H and O–H groups in total. The number of nitrogens with one attached hydrogen (secondary N) is 2. The summed E-state index contributed by atoms with van der Waals surface area (Å²) in [6.45, 7) is 6.61. The van der Waals surface area contributed by atoms with E-state index in [1.54, 1.807) is 17.6 Å². The molecule has 2 aromatic carbocycles. The molecule has 1 fully saturated rings. The maximum absolute atomic E-state index is 15.5. The van der Waals surface area contributed by atoms with E-state index in [0.717, 1.165) is 9.38 Å². The van der Waals surface area contributed by atoms with Crippen molar-refractivity contribution in [2.45, 2.75) is 51.4 Å². The molecule has 0 amide bonds. The van der Waals surface area contributed by atoms with Gasteiger partial charge in [0.1, 0.15) is 17.3 Å². The summed E-state index contributed by atoms with van der Waals surface area (Å²) in [5.74, 6) is -0.620. The Morgan fingerprint density at radius 2 is 1.95 bits per heavy atom. The topological polar surface area (TPSA) is 104 Å². The van der Waals surface area contributed by atoms with Crippen LogP contribution < -0.4 is 10.6 Å². The van der Waals surface area contributed by atoms with Crippen molar-refractivity contribution in [3.8, 4) is 6.07 Å².